The number of rotatable bonds is 6. The molecule has 1 aliphatic rings. The van der Waals surface area contributed by atoms with Crippen LogP contribution in [0.25, 0.3) is 0 Å². The topological polar surface area (TPSA) is 123 Å². The van der Waals surface area contributed by atoms with Crippen molar-refractivity contribution in [2.75, 3.05) is 17.7 Å². The molecule has 1 amide bonds. The van der Waals surface area contributed by atoms with Crippen LogP contribution < -0.4 is 11.1 Å². The second-order valence-corrected chi connectivity index (χ2v) is 8.30. The van der Waals surface area contributed by atoms with Crippen LogP contribution in [0.2, 0.25) is 0 Å². The number of fused-ring (bicyclic) bond motifs is 1. The first-order chi connectivity index (χ1) is 12.5. The molecule has 26 heavy (non-hydrogen) atoms. The number of nitrogen functional groups attached to an aromatic ring is 1. The normalized spacial score (nSPS) is 14.5. The number of amides is 1. The van der Waals surface area contributed by atoms with Crippen molar-refractivity contribution in [1.82, 2.24) is 15.2 Å². The number of H-pyrrole nitrogens is 1. The highest BCUT2D eigenvalue weighted by atomic mass is 32.2. The van der Waals surface area contributed by atoms with Gasteiger partial charge in [0.15, 0.2) is 0 Å². The van der Waals surface area contributed by atoms with E-state index in [1.165, 1.54) is 23.1 Å². The van der Waals surface area contributed by atoms with Gasteiger partial charge in [0.1, 0.15) is 5.00 Å². The molecule has 140 valence electrons. The first-order valence-electron chi connectivity index (χ1n) is 8.46. The van der Waals surface area contributed by atoms with Gasteiger partial charge in [-0.25, -0.2) is 9.89 Å². The summed E-state index contributed by atoms with van der Waals surface area (Å²) in [7, 11) is 0. The van der Waals surface area contributed by atoms with Gasteiger partial charge in [0.05, 0.1) is 17.4 Å². The summed E-state index contributed by atoms with van der Waals surface area (Å²) in [5.41, 5.74) is 7.04. The Bertz CT molecular complexity index is 817. The van der Waals surface area contributed by atoms with E-state index in [-0.39, 0.29) is 17.8 Å². The van der Waals surface area contributed by atoms with Gasteiger partial charge in [0, 0.05) is 4.88 Å². The molecule has 1 aliphatic carbocycles. The van der Waals surface area contributed by atoms with E-state index >= 15 is 0 Å². The summed E-state index contributed by atoms with van der Waals surface area (Å²) in [4.78, 5) is 30.2. The number of anilines is 2. The molecule has 0 bridgehead atoms. The summed E-state index contributed by atoms with van der Waals surface area (Å²) in [6, 6.07) is 0. The standard InChI is InChI=1S/C16H21N5O3S2/c1-3-24-14(23)11-9-6-4-5-7-10(9)26-13(11)18-12(22)8(2)25-16-19-15(17)20-21-16/h8H,3-7H2,1-2H3,(H,18,22)(H3,17,19,20,21)/t8-/m0/s1. The van der Waals surface area contributed by atoms with Crippen LogP contribution >= 0.6 is 23.1 Å². The molecule has 3 rings (SSSR count). The fourth-order valence-electron chi connectivity index (χ4n) is 2.81. The largest absolute Gasteiger partial charge is 0.462 e. The van der Waals surface area contributed by atoms with Gasteiger partial charge in [-0.1, -0.05) is 11.8 Å². The third kappa shape index (κ3) is 4.01. The second-order valence-electron chi connectivity index (χ2n) is 5.89. The van der Waals surface area contributed by atoms with E-state index in [1.54, 1.807) is 13.8 Å². The van der Waals surface area contributed by atoms with Crippen molar-refractivity contribution in [1.29, 1.82) is 0 Å². The maximum atomic E-state index is 12.6. The quantitative estimate of drug-likeness (QED) is 0.507. The van der Waals surface area contributed by atoms with Gasteiger partial charge >= 0.3 is 5.97 Å². The number of esters is 1. The molecule has 10 heteroatoms. The molecular formula is C16H21N5O3S2. The Hall–Kier alpha value is -2.07. The van der Waals surface area contributed by atoms with Gasteiger partial charge in [0.25, 0.3) is 0 Å². The van der Waals surface area contributed by atoms with E-state index in [2.05, 4.69) is 20.5 Å². The number of hydrogen-bond acceptors (Lipinski definition) is 8. The molecule has 0 aliphatic heterocycles. The number of thiophene rings is 1. The zero-order valence-electron chi connectivity index (χ0n) is 14.6. The van der Waals surface area contributed by atoms with E-state index in [4.69, 9.17) is 10.5 Å². The monoisotopic (exact) mass is 395 g/mol. The number of ether oxygens (including phenoxy) is 1. The summed E-state index contributed by atoms with van der Waals surface area (Å²) >= 11 is 2.67. The van der Waals surface area contributed by atoms with Gasteiger partial charge < -0.3 is 15.8 Å². The Morgan fingerprint density at radius 3 is 2.88 bits per heavy atom. The minimum Gasteiger partial charge on any atom is -0.462 e. The fourth-order valence-corrected chi connectivity index (χ4v) is 4.82. The summed E-state index contributed by atoms with van der Waals surface area (Å²) in [5, 5.41) is 9.88. The van der Waals surface area contributed by atoms with Gasteiger partial charge in [-0.2, -0.15) is 4.98 Å². The molecule has 2 aromatic heterocycles. The SMILES string of the molecule is CCOC(=O)c1c(NC(=O)[C@H](C)Sc2n[nH]c(N)n2)sc2c1CCCC2. The lowest BCUT2D eigenvalue weighted by Gasteiger charge is -2.13. The van der Waals surface area contributed by atoms with Crippen molar-refractivity contribution in [2.24, 2.45) is 0 Å². The lowest BCUT2D eigenvalue weighted by Crippen LogP contribution is -2.23. The number of aromatic amines is 1. The Morgan fingerprint density at radius 1 is 1.42 bits per heavy atom. The molecule has 0 radical (unpaired) electrons. The van der Waals surface area contributed by atoms with Crippen molar-refractivity contribution in [2.45, 2.75) is 49.9 Å². The van der Waals surface area contributed by atoms with Crippen molar-refractivity contribution in [3.05, 3.63) is 16.0 Å². The molecule has 0 unspecified atom stereocenters. The van der Waals surface area contributed by atoms with Crippen molar-refractivity contribution >= 4 is 45.9 Å². The Kier molecular flexibility index (Phi) is 5.82. The Labute approximate surface area is 159 Å². The number of carbonyl (C=O) groups excluding carboxylic acids is 2. The molecule has 8 nitrogen and oxygen atoms in total. The molecule has 2 heterocycles. The average Bonchev–Trinajstić information content (AvgIpc) is 3.17. The lowest BCUT2D eigenvalue weighted by atomic mass is 9.95. The molecule has 4 N–H and O–H groups in total. The molecule has 1 atom stereocenters. The number of hydrogen-bond donors (Lipinski definition) is 3. The van der Waals surface area contributed by atoms with Crippen LogP contribution in [0.15, 0.2) is 5.16 Å². The predicted octanol–water partition coefficient (Wildman–Crippen LogP) is 2.62. The summed E-state index contributed by atoms with van der Waals surface area (Å²) in [6.07, 6.45) is 3.92. The number of thioether (sulfide) groups is 1. The smallest absolute Gasteiger partial charge is 0.341 e. The Morgan fingerprint density at radius 2 is 2.19 bits per heavy atom. The zero-order chi connectivity index (χ0) is 18.7. The lowest BCUT2D eigenvalue weighted by molar-refractivity contribution is -0.115. The number of carbonyl (C=O) groups is 2. The Balaban J connectivity index is 1.78. The van der Waals surface area contributed by atoms with Crippen LogP contribution in [0.4, 0.5) is 10.9 Å². The van der Waals surface area contributed by atoms with Gasteiger partial charge in [-0.15, -0.1) is 16.4 Å². The average molecular weight is 396 g/mol. The fraction of sp³-hybridized carbons (Fsp3) is 0.500. The van der Waals surface area contributed by atoms with Gasteiger partial charge in [-0.05, 0) is 45.1 Å². The molecule has 0 aromatic carbocycles. The van der Waals surface area contributed by atoms with E-state index < -0.39 is 5.25 Å². The summed E-state index contributed by atoms with van der Waals surface area (Å²) in [5.74, 6) is -0.387. The number of aryl methyl sites for hydroxylation is 1. The van der Waals surface area contributed by atoms with Crippen LogP contribution in [0, 0.1) is 0 Å². The number of nitrogens with two attached hydrogens (primary N) is 1. The van der Waals surface area contributed by atoms with Gasteiger partial charge in [0.2, 0.25) is 17.0 Å². The summed E-state index contributed by atoms with van der Waals surface area (Å²) < 4.78 is 5.21. The van der Waals surface area contributed by atoms with Crippen molar-refractivity contribution in [3.8, 4) is 0 Å². The molecule has 2 aromatic rings. The van der Waals surface area contributed by atoms with E-state index in [9.17, 15) is 9.59 Å². The van der Waals surface area contributed by atoms with Crippen LogP contribution in [-0.4, -0.2) is 38.9 Å². The van der Waals surface area contributed by atoms with Crippen molar-refractivity contribution < 1.29 is 14.3 Å². The summed E-state index contributed by atoms with van der Waals surface area (Å²) in [6.45, 7) is 3.83. The van der Waals surface area contributed by atoms with Crippen LogP contribution in [0.1, 0.15) is 47.5 Å². The first-order valence-corrected chi connectivity index (χ1v) is 10.2. The number of nitrogens with one attached hydrogen (secondary N) is 2. The number of aromatic nitrogens is 3. The zero-order valence-corrected chi connectivity index (χ0v) is 16.3. The van der Waals surface area contributed by atoms with Gasteiger partial charge in [-0.3, -0.25) is 4.79 Å². The van der Waals surface area contributed by atoms with Crippen molar-refractivity contribution in [3.63, 3.8) is 0 Å². The highest BCUT2D eigenvalue weighted by molar-refractivity contribution is 8.00. The first kappa shape index (κ1) is 18.7. The maximum absolute atomic E-state index is 12.6. The predicted molar refractivity (Wildman–Crippen MR) is 102 cm³/mol. The maximum Gasteiger partial charge on any atom is 0.341 e. The third-order valence-corrected chi connectivity index (χ3v) is 6.19. The number of nitrogens with zero attached hydrogens (tertiary/aromatic N) is 2. The highest BCUT2D eigenvalue weighted by Crippen LogP contribution is 2.39. The molecule has 0 saturated carbocycles. The van der Waals surface area contributed by atoms with E-state index in [0.29, 0.717) is 22.3 Å². The molecule has 0 saturated heterocycles. The third-order valence-electron chi connectivity index (χ3n) is 4.02. The second kappa shape index (κ2) is 8.09. The van der Waals surface area contributed by atoms with Crippen LogP contribution in [0.5, 0.6) is 0 Å². The van der Waals surface area contributed by atoms with E-state index in [1.807, 2.05) is 0 Å². The highest BCUT2D eigenvalue weighted by Gasteiger charge is 2.28. The molecule has 0 spiro atoms. The molecule has 0 fully saturated rings. The minimum absolute atomic E-state index is 0.204. The van der Waals surface area contributed by atoms with E-state index in [0.717, 1.165) is 36.1 Å². The minimum atomic E-state index is -0.445. The van der Waals surface area contributed by atoms with Crippen LogP contribution in [-0.2, 0) is 22.4 Å². The molecular weight excluding hydrogens is 374 g/mol. The van der Waals surface area contributed by atoms with Crippen LogP contribution in [0.3, 0.4) is 0 Å².